The van der Waals surface area contributed by atoms with Gasteiger partial charge in [0, 0.05) is 24.6 Å². The largest absolute Gasteiger partial charge is 0.335 e. The highest BCUT2D eigenvalue weighted by Gasteiger charge is 2.26. The van der Waals surface area contributed by atoms with Gasteiger partial charge < -0.3 is 15.2 Å². The third-order valence-corrected chi connectivity index (χ3v) is 4.68. The normalized spacial score (nSPS) is 13.0. The average Bonchev–Trinajstić information content (AvgIpc) is 3.16. The van der Waals surface area contributed by atoms with E-state index >= 15 is 0 Å². The number of aromatic nitrogens is 3. The molecule has 1 aromatic carbocycles. The van der Waals surface area contributed by atoms with Crippen molar-refractivity contribution >= 4 is 33.3 Å². The molecule has 0 saturated heterocycles. The Morgan fingerprint density at radius 1 is 1.38 bits per heavy atom. The van der Waals surface area contributed by atoms with Gasteiger partial charge in [-0.2, -0.15) is 0 Å². The Kier molecular flexibility index (Phi) is 4.53. The van der Waals surface area contributed by atoms with Crippen LogP contribution in [-0.2, 0) is 6.54 Å². The van der Waals surface area contributed by atoms with Crippen LogP contribution < -0.4 is 10.6 Å². The molecule has 1 atom stereocenters. The van der Waals surface area contributed by atoms with Crippen LogP contribution >= 0.6 is 11.3 Å². The highest BCUT2D eigenvalue weighted by atomic mass is 32.1. The van der Waals surface area contributed by atoms with Crippen molar-refractivity contribution in [2.24, 2.45) is 5.41 Å². The van der Waals surface area contributed by atoms with E-state index in [9.17, 15) is 4.79 Å². The molecule has 0 radical (unpaired) electrons. The second kappa shape index (κ2) is 6.60. The smallest absolute Gasteiger partial charge is 0.319 e. The molecule has 0 unspecified atom stereocenters. The summed E-state index contributed by atoms with van der Waals surface area (Å²) in [6.45, 7) is 7.00. The zero-order valence-corrected chi connectivity index (χ0v) is 14.8. The molecule has 2 N–H and O–H groups in total. The molecule has 3 rings (SSSR count). The van der Waals surface area contributed by atoms with Crippen LogP contribution in [-0.4, -0.2) is 26.6 Å². The lowest BCUT2D eigenvalue weighted by molar-refractivity contribution is 0.219. The van der Waals surface area contributed by atoms with E-state index in [-0.39, 0.29) is 17.5 Å². The molecule has 0 saturated carbocycles. The molecule has 2 amide bonds. The minimum absolute atomic E-state index is 0.0289. The fourth-order valence-electron chi connectivity index (χ4n) is 2.40. The number of hydrogen-bond acceptors (Lipinski definition) is 4. The van der Waals surface area contributed by atoms with Gasteiger partial charge in [-0.3, -0.25) is 0 Å². The van der Waals surface area contributed by atoms with Crippen molar-refractivity contribution in [2.75, 3.05) is 5.32 Å². The summed E-state index contributed by atoms with van der Waals surface area (Å²) in [6.07, 6.45) is 5.40. The molecule has 0 fully saturated rings. The van der Waals surface area contributed by atoms with E-state index in [1.54, 1.807) is 29.4 Å². The standard InChI is InChI=1S/C17H21N5OS/c1-17(2,3)15(9-22-7-6-18-10-22)21-16(23)20-12-4-5-13-14(8-12)24-11-19-13/h4-8,10-11,15H,9H2,1-3H3,(H2,20,21,23)/t15-/m0/s1. The first-order chi connectivity index (χ1) is 11.4. The molecule has 0 aliphatic carbocycles. The highest BCUT2D eigenvalue weighted by Crippen LogP contribution is 2.23. The van der Waals surface area contributed by atoms with Crippen molar-refractivity contribution in [3.05, 3.63) is 42.4 Å². The lowest BCUT2D eigenvalue weighted by atomic mass is 9.86. The Bertz CT molecular complexity index is 819. The van der Waals surface area contributed by atoms with Crippen LogP contribution in [0.2, 0.25) is 0 Å². The first kappa shape index (κ1) is 16.4. The van der Waals surface area contributed by atoms with Crippen LogP contribution in [0, 0.1) is 5.41 Å². The quantitative estimate of drug-likeness (QED) is 0.758. The zero-order chi connectivity index (χ0) is 17.2. The van der Waals surface area contributed by atoms with Crippen LogP contribution in [0.5, 0.6) is 0 Å². The monoisotopic (exact) mass is 343 g/mol. The summed E-state index contributed by atoms with van der Waals surface area (Å²) in [5.74, 6) is 0. The van der Waals surface area contributed by atoms with Gasteiger partial charge in [0.25, 0.3) is 0 Å². The first-order valence-electron chi connectivity index (χ1n) is 7.78. The van der Waals surface area contributed by atoms with Gasteiger partial charge in [0.2, 0.25) is 0 Å². The number of hydrogen-bond donors (Lipinski definition) is 2. The van der Waals surface area contributed by atoms with Gasteiger partial charge in [-0.25, -0.2) is 14.8 Å². The summed E-state index contributed by atoms with van der Waals surface area (Å²) in [7, 11) is 0. The SMILES string of the molecule is CC(C)(C)[C@H](Cn1ccnc1)NC(=O)Nc1ccc2ncsc2c1. The summed E-state index contributed by atoms with van der Waals surface area (Å²) < 4.78 is 3.03. The lowest BCUT2D eigenvalue weighted by Gasteiger charge is -2.31. The van der Waals surface area contributed by atoms with Crippen molar-refractivity contribution in [1.82, 2.24) is 19.9 Å². The fraction of sp³-hybridized carbons (Fsp3) is 0.353. The van der Waals surface area contributed by atoms with Gasteiger partial charge in [0.1, 0.15) is 0 Å². The molecule has 2 heterocycles. The van der Waals surface area contributed by atoms with Gasteiger partial charge in [0.15, 0.2) is 0 Å². The molecule has 0 spiro atoms. The zero-order valence-electron chi connectivity index (χ0n) is 14.0. The molecule has 0 aliphatic rings. The molecule has 3 aromatic rings. The van der Waals surface area contributed by atoms with Crippen LogP contribution in [0.1, 0.15) is 20.8 Å². The Labute approximate surface area is 144 Å². The molecule has 0 bridgehead atoms. The van der Waals surface area contributed by atoms with E-state index in [1.807, 2.05) is 29.0 Å². The number of imidazole rings is 1. The second-order valence-corrected chi connectivity index (χ2v) is 7.70. The number of nitrogens with one attached hydrogen (secondary N) is 2. The maximum Gasteiger partial charge on any atom is 0.319 e. The maximum absolute atomic E-state index is 12.4. The molecule has 6 nitrogen and oxygen atoms in total. The Hall–Kier alpha value is -2.41. The van der Waals surface area contributed by atoms with Crippen molar-refractivity contribution in [3.63, 3.8) is 0 Å². The number of rotatable bonds is 4. The Morgan fingerprint density at radius 2 is 2.21 bits per heavy atom. The number of nitrogens with zero attached hydrogens (tertiary/aromatic N) is 3. The van der Waals surface area contributed by atoms with E-state index in [4.69, 9.17) is 0 Å². The number of carbonyl (C=O) groups excluding carboxylic acids is 1. The number of fused-ring (bicyclic) bond motifs is 1. The molecular formula is C17H21N5OS. The molecule has 2 aromatic heterocycles. The average molecular weight is 343 g/mol. The summed E-state index contributed by atoms with van der Waals surface area (Å²) in [5.41, 5.74) is 3.43. The van der Waals surface area contributed by atoms with Gasteiger partial charge in [0.05, 0.1) is 28.1 Å². The third-order valence-electron chi connectivity index (χ3n) is 3.89. The molecular weight excluding hydrogens is 322 g/mol. The third kappa shape index (κ3) is 3.91. The van der Waals surface area contributed by atoms with E-state index in [0.717, 1.165) is 15.9 Å². The van der Waals surface area contributed by atoms with Crippen LogP contribution in [0.4, 0.5) is 10.5 Å². The topological polar surface area (TPSA) is 71.8 Å². The van der Waals surface area contributed by atoms with Crippen molar-refractivity contribution < 1.29 is 4.79 Å². The first-order valence-corrected chi connectivity index (χ1v) is 8.66. The Balaban J connectivity index is 1.68. The summed E-state index contributed by atoms with van der Waals surface area (Å²) >= 11 is 1.56. The molecule has 24 heavy (non-hydrogen) atoms. The van der Waals surface area contributed by atoms with Gasteiger partial charge >= 0.3 is 6.03 Å². The van der Waals surface area contributed by atoms with Crippen molar-refractivity contribution in [1.29, 1.82) is 0 Å². The van der Waals surface area contributed by atoms with Crippen molar-refractivity contribution in [3.8, 4) is 0 Å². The van der Waals surface area contributed by atoms with Crippen LogP contribution in [0.3, 0.4) is 0 Å². The number of anilines is 1. The minimum atomic E-state index is -0.209. The van der Waals surface area contributed by atoms with Crippen molar-refractivity contribution in [2.45, 2.75) is 33.4 Å². The van der Waals surface area contributed by atoms with E-state index < -0.39 is 0 Å². The number of carbonyl (C=O) groups is 1. The lowest BCUT2D eigenvalue weighted by Crippen LogP contribution is -2.47. The summed E-state index contributed by atoms with van der Waals surface area (Å²) in [4.78, 5) is 20.7. The highest BCUT2D eigenvalue weighted by molar-refractivity contribution is 7.16. The predicted molar refractivity (Wildman–Crippen MR) is 97.2 cm³/mol. The fourth-order valence-corrected chi connectivity index (χ4v) is 3.12. The van der Waals surface area contributed by atoms with Gasteiger partial charge in [-0.1, -0.05) is 20.8 Å². The minimum Gasteiger partial charge on any atom is -0.335 e. The predicted octanol–water partition coefficient (Wildman–Crippen LogP) is 3.73. The number of thiazole rings is 1. The van der Waals surface area contributed by atoms with Gasteiger partial charge in [-0.05, 0) is 23.6 Å². The number of amides is 2. The van der Waals surface area contributed by atoms with E-state index in [1.165, 1.54) is 0 Å². The van der Waals surface area contributed by atoms with E-state index in [2.05, 4.69) is 41.4 Å². The summed E-state index contributed by atoms with van der Waals surface area (Å²) in [5, 5.41) is 5.98. The summed E-state index contributed by atoms with van der Waals surface area (Å²) in [6, 6.07) is 5.48. The number of urea groups is 1. The molecule has 126 valence electrons. The Morgan fingerprint density at radius 3 is 2.92 bits per heavy atom. The van der Waals surface area contributed by atoms with Gasteiger partial charge in [-0.15, -0.1) is 11.3 Å². The number of benzene rings is 1. The second-order valence-electron chi connectivity index (χ2n) is 6.81. The molecule has 7 heteroatoms. The van der Waals surface area contributed by atoms with E-state index in [0.29, 0.717) is 6.54 Å². The maximum atomic E-state index is 12.4. The van der Waals surface area contributed by atoms with Crippen LogP contribution in [0.25, 0.3) is 10.2 Å². The molecule has 0 aliphatic heterocycles. The van der Waals surface area contributed by atoms with Crippen LogP contribution in [0.15, 0.2) is 42.4 Å².